The number of nitro benzene ring substituents is 1. The molecule has 0 aliphatic carbocycles. The molecule has 10 heteroatoms. The molecule has 0 aliphatic heterocycles. The van der Waals surface area contributed by atoms with E-state index < -0.39 is 41.1 Å². The summed E-state index contributed by atoms with van der Waals surface area (Å²) < 4.78 is 36.5. The van der Waals surface area contributed by atoms with E-state index in [4.69, 9.17) is 9.47 Å². The predicted octanol–water partition coefficient (Wildman–Crippen LogP) is 2.92. The van der Waals surface area contributed by atoms with Gasteiger partial charge in [0, 0.05) is 23.8 Å². The van der Waals surface area contributed by atoms with Crippen LogP contribution in [0.25, 0.3) is 0 Å². The Labute approximate surface area is 158 Å². The number of halogens is 2. The molecule has 28 heavy (non-hydrogen) atoms. The molecule has 0 fully saturated rings. The van der Waals surface area contributed by atoms with Gasteiger partial charge in [-0.15, -0.1) is 0 Å². The molecule has 0 aliphatic rings. The van der Waals surface area contributed by atoms with E-state index in [9.17, 15) is 28.5 Å². The summed E-state index contributed by atoms with van der Waals surface area (Å²) in [5.41, 5.74) is -0.513. The Bertz CT molecular complexity index is 919. The predicted molar refractivity (Wildman–Crippen MR) is 92.8 cm³/mol. The second kappa shape index (κ2) is 8.89. The minimum atomic E-state index is -1.00. The summed E-state index contributed by atoms with van der Waals surface area (Å²) in [6, 6.07) is 5.47. The zero-order valence-corrected chi connectivity index (χ0v) is 14.9. The van der Waals surface area contributed by atoms with Gasteiger partial charge in [-0.25, -0.2) is 13.6 Å². The van der Waals surface area contributed by atoms with Crippen molar-refractivity contribution in [2.45, 2.75) is 13.0 Å². The molecule has 0 unspecified atom stereocenters. The number of nitrogens with one attached hydrogen (secondary N) is 1. The molecule has 0 spiro atoms. The monoisotopic (exact) mass is 394 g/mol. The number of nitro groups is 1. The summed E-state index contributed by atoms with van der Waals surface area (Å²) in [7, 11) is 1.27. The fourth-order valence-corrected chi connectivity index (χ4v) is 2.39. The third kappa shape index (κ3) is 5.00. The van der Waals surface area contributed by atoms with E-state index in [2.05, 4.69) is 5.32 Å². The molecule has 2 rings (SSSR count). The molecular formula is C18H16F2N2O6. The van der Waals surface area contributed by atoms with Crippen LogP contribution in [0.1, 0.15) is 28.9 Å². The van der Waals surface area contributed by atoms with Crippen LogP contribution in [0.2, 0.25) is 0 Å². The van der Waals surface area contributed by atoms with Crippen LogP contribution in [-0.2, 0) is 9.53 Å². The van der Waals surface area contributed by atoms with Crippen LogP contribution in [-0.4, -0.2) is 30.5 Å². The lowest BCUT2D eigenvalue weighted by Crippen LogP contribution is -2.31. The molecule has 0 saturated carbocycles. The van der Waals surface area contributed by atoms with Gasteiger partial charge in [0.2, 0.25) is 0 Å². The number of hydrogen-bond donors (Lipinski definition) is 1. The number of non-ortho nitro benzene ring substituents is 1. The molecule has 0 saturated heterocycles. The molecule has 2 aromatic carbocycles. The number of esters is 1. The van der Waals surface area contributed by atoms with Gasteiger partial charge in [0.05, 0.1) is 18.1 Å². The molecule has 8 nitrogen and oxygen atoms in total. The highest BCUT2D eigenvalue weighted by Gasteiger charge is 2.20. The van der Waals surface area contributed by atoms with Crippen LogP contribution in [0.3, 0.4) is 0 Å². The summed E-state index contributed by atoms with van der Waals surface area (Å²) in [6.07, 6.45) is 0. The topological polar surface area (TPSA) is 108 Å². The zero-order valence-electron chi connectivity index (χ0n) is 14.9. The lowest BCUT2D eigenvalue weighted by molar-refractivity contribution is -0.384. The number of benzene rings is 2. The fraction of sp³-hybridized carbons (Fsp3) is 0.222. The standard InChI is InChI=1S/C18H16F2N2O6/c1-10(13-5-3-11(19)7-15(13)20)21-17(23)9-28-18(24)14-8-12(22(25)26)4-6-16(14)27-2/h3-8,10H,9H2,1-2H3,(H,21,23)/t10-/m1/s1. The summed E-state index contributed by atoms with van der Waals surface area (Å²) >= 11 is 0. The molecule has 0 aromatic heterocycles. The van der Waals surface area contributed by atoms with Gasteiger partial charge in [0.1, 0.15) is 22.9 Å². The quantitative estimate of drug-likeness (QED) is 0.440. The second-order valence-corrected chi connectivity index (χ2v) is 5.67. The van der Waals surface area contributed by atoms with Gasteiger partial charge in [-0.05, 0) is 19.1 Å². The van der Waals surface area contributed by atoms with Gasteiger partial charge in [0.25, 0.3) is 11.6 Å². The molecule has 0 heterocycles. The van der Waals surface area contributed by atoms with Gasteiger partial charge in [-0.1, -0.05) is 6.07 Å². The molecule has 1 atom stereocenters. The number of hydrogen-bond acceptors (Lipinski definition) is 6. The Morgan fingerprint density at radius 3 is 2.54 bits per heavy atom. The van der Waals surface area contributed by atoms with E-state index in [0.717, 1.165) is 18.2 Å². The summed E-state index contributed by atoms with van der Waals surface area (Å²) in [4.78, 5) is 34.2. The summed E-state index contributed by atoms with van der Waals surface area (Å²) in [6.45, 7) is 0.761. The number of carbonyl (C=O) groups excluding carboxylic acids is 2. The lowest BCUT2D eigenvalue weighted by Gasteiger charge is -2.15. The highest BCUT2D eigenvalue weighted by atomic mass is 19.1. The van der Waals surface area contributed by atoms with Crippen molar-refractivity contribution in [1.82, 2.24) is 5.32 Å². The zero-order chi connectivity index (χ0) is 20.8. The number of carbonyl (C=O) groups is 2. The van der Waals surface area contributed by atoms with Crippen LogP contribution in [0, 0.1) is 21.7 Å². The van der Waals surface area contributed by atoms with Crippen LogP contribution in [0.15, 0.2) is 36.4 Å². The van der Waals surface area contributed by atoms with E-state index in [1.54, 1.807) is 0 Å². The summed E-state index contributed by atoms with van der Waals surface area (Å²) in [5, 5.41) is 13.2. The highest BCUT2D eigenvalue weighted by Crippen LogP contribution is 2.24. The van der Waals surface area contributed by atoms with E-state index in [1.165, 1.54) is 26.2 Å². The first-order valence-electron chi connectivity index (χ1n) is 7.96. The summed E-state index contributed by atoms with van der Waals surface area (Å²) in [5.74, 6) is -3.28. The van der Waals surface area contributed by atoms with Gasteiger partial charge in [-0.2, -0.15) is 0 Å². The fourth-order valence-electron chi connectivity index (χ4n) is 2.39. The van der Waals surface area contributed by atoms with E-state index >= 15 is 0 Å². The number of ether oxygens (including phenoxy) is 2. The molecule has 1 N–H and O–H groups in total. The number of methoxy groups -OCH3 is 1. The molecule has 1 amide bonds. The van der Waals surface area contributed by atoms with Crippen molar-refractivity contribution in [1.29, 1.82) is 0 Å². The van der Waals surface area contributed by atoms with Crippen molar-refractivity contribution >= 4 is 17.6 Å². The molecule has 0 radical (unpaired) electrons. The smallest absolute Gasteiger partial charge is 0.342 e. The highest BCUT2D eigenvalue weighted by molar-refractivity contribution is 5.94. The Morgan fingerprint density at radius 2 is 1.93 bits per heavy atom. The van der Waals surface area contributed by atoms with Crippen LogP contribution < -0.4 is 10.1 Å². The molecule has 148 valence electrons. The molecule has 0 bridgehead atoms. The SMILES string of the molecule is COc1ccc([N+](=O)[O-])cc1C(=O)OCC(=O)N[C@H](C)c1ccc(F)cc1F. The Balaban J connectivity index is 2.01. The first-order chi connectivity index (χ1) is 13.2. The Morgan fingerprint density at radius 1 is 1.21 bits per heavy atom. The third-order valence-corrected chi connectivity index (χ3v) is 3.75. The van der Waals surface area contributed by atoms with Crippen molar-refractivity contribution in [2.24, 2.45) is 0 Å². The van der Waals surface area contributed by atoms with Crippen molar-refractivity contribution in [2.75, 3.05) is 13.7 Å². The van der Waals surface area contributed by atoms with Crippen molar-refractivity contribution in [3.05, 3.63) is 69.3 Å². The normalized spacial score (nSPS) is 11.4. The van der Waals surface area contributed by atoms with Gasteiger partial charge in [-0.3, -0.25) is 14.9 Å². The number of amides is 1. The van der Waals surface area contributed by atoms with Crippen LogP contribution >= 0.6 is 0 Å². The minimum Gasteiger partial charge on any atom is -0.496 e. The average Bonchev–Trinajstić information content (AvgIpc) is 2.65. The Hall–Kier alpha value is -3.56. The van der Waals surface area contributed by atoms with Gasteiger partial charge >= 0.3 is 5.97 Å². The Kier molecular flexibility index (Phi) is 6.59. The maximum Gasteiger partial charge on any atom is 0.342 e. The van der Waals surface area contributed by atoms with Crippen LogP contribution in [0.4, 0.5) is 14.5 Å². The minimum absolute atomic E-state index is 0.0396. The van der Waals surface area contributed by atoms with E-state index in [-0.39, 0.29) is 22.6 Å². The van der Waals surface area contributed by atoms with E-state index in [0.29, 0.717) is 6.07 Å². The van der Waals surface area contributed by atoms with Gasteiger partial charge in [0.15, 0.2) is 6.61 Å². The van der Waals surface area contributed by atoms with Crippen molar-refractivity contribution < 1.29 is 32.8 Å². The average molecular weight is 394 g/mol. The number of rotatable bonds is 7. The maximum atomic E-state index is 13.7. The molecular weight excluding hydrogens is 378 g/mol. The molecule has 2 aromatic rings. The largest absolute Gasteiger partial charge is 0.496 e. The first kappa shape index (κ1) is 20.7. The van der Waals surface area contributed by atoms with Crippen molar-refractivity contribution in [3.8, 4) is 5.75 Å². The van der Waals surface area contributed by atoms with E-state index in [1.807, 2.05) is 0 Å². The first-order valence-corrected chi connectivity index (χ1v) is 7.96. The maximum absolute atomic E-state index is 13.7. The second-order valence-electron chi connectivity index (χ2n) is 5.67. The third-order valence-electron chi connectivity index (χ3n) is 3.75. The number of nitrogens with zero attached hydrogens (tertiary/aromatic N) is 1. The van der Waals surface area contributed by atoms with Crippen LogP contribution in [0.5, 0.6) is 5.75 Å². The van der Waals surface area contributed by atoms with Gasteiger partial charge < -0.3 is 14.8 Å². The lowest BCUT2D eigenvalue weighted by atomic mass is 10.1. The van der Waals surface area contributed by atoms with Crippen molar-refractivity contribution in [3.63, 3.8) is 0 Å².